The van der Waals surface area contributed by atoms with Gasteiger partial charge >= 0.3 is 0 Å². The third-order valence-electron chi connectivity index (χ3n) is 1.40. The Kier molecular flexibility index (Phi) is 3.87. The average Bonchev–Trinajstić information content (AvgIpc) is 1.67. The second kappa shape index (κ2) is 3.37. The Hall–Kier alpha value is 1.18. The van der Waals surface area contributed by atoms with E-state index in [0.29, 0.717) is 5.04 Å². The maximum absolute atomic E-state index is 3.57. The van der Waals surface area contributed by atoms with E-state index in [-0.39, 0.29) is 0 Å². The molecule has 0 aromatic rings. The summed E-state index contributed by atoms with van der Waals surface area (Å²) in [7, 11) is 0. The SMILES string of the molecule is CCC(C)(C)[Si](Br)Br. The lowest BCUT2D eigenvalue weighted by Gasteiger charge is -2.21. The third kappa shape index (κ3) is 2.64. The summed E-state index contributed by atoms with van der Waals surface area (Å²) < 4.78 is 0. The number of halogens is 2. The molecule has 0 saturated carbocycles. The highest BCUT2D eigenvalue weighted by atomic mass is 79.9. The lowest BCUT2D eigenvalue weighted by molar-refractivity contribution is 0.650. The quantitative estimate of drug-likeness (QED) is 0.526. The zero-order valence-corrected chi connectivity index (χ0v) is 9.64. The molecule has 0 saturated heterocycles. The van der Waals surface area contributed by atoms with Crippen molar-refractivity contribution in [1.82, 2.24) is 0 Å². The van der Waals surface area contributed by atoms with Crippen LogP contribution in [0.4, 0.5) is 0 Å². The molecule has 0 unspecified atom stereocenters. The lowest BCUT2D eigenvalue weighted by atomic mass is 10.1. The summed E-state index contributed by atoms with van der Waals surface area (Å²) in [6.07, 6.45) is 1.23. The van der Waals surface area contributed by atoms with Gasteiger partial charge in [-0.25, -0.2) is 0 Å². The van der Waals surface area contributed by atoms with E-state index < -0.39 is 6.04 Å². The molecule has 0 bridgehead atoms. The second-order valence-corrected chi connectivity index (χ2v) is 12.3. The van der Waals surface area contributed by atoms with Crippen molar-refractivity contribution in [2.24, 2.45) is 0 Å². The van der Waals surface area contributed by atoms with Crippen molar-refractivity contribution in [2.45, 2.75) is 32.2 Å². The Morgan fingerprint density at radius 1 is 1.38 bits per heavy atom. The van der Waals surface area contributed by atoms with Crippen LogP contribution in [0.1, 0.15) is 27.2 Å². The van der Waals surface area contributed by atoms with E-state index in [2.05, 4.69) is 51.4 Å². The molecule has 0 fully saturated rings. The number of hydrogen-bond acceptors (Lipinski definition) is 0. The van der Waals surface area contributed by atoms with Crippen LogP contribution in [0.15, 0.2) is 0 Å². The molecular weight excluding hydrogens is 248 g/mol. The lowest BCUT2D eigenvalue weighted by Crippen LogP contribution is -2.13. The molecule has 0 spiro atoms. The predicted molar refractivity (Wildman–Crippen MR) is 47.9 cm³/mol. The van der Waals surface area contributed by atoms with Crippen molar-refractivity contribution in [3.8, 4) is 0 Å². The van der Waals surface area contributed by atoms with Gasteiger partial charge in [0.15, 0.2) is 0 Å². The fourth-order valence-corrected chi connectivity index (χ4v) is 2.08. The molecular formula is C5H11Br2Si. The van der Waals surface area contributed by atoms with Gasteiger partial charge in [-0.1, -0.05) is 27.2 Å². The first-order valence-corrected chi connectivity index (χ1v) is 8.70. The Morgan fingerprint density at radius 2 is 1.75 bits per heavy atom. The smallest absolute Gasteiger partial charge is 0.112 e. The Balaban J connectivity index is 3.71. The molecule has 0 aromatic carbocycles. The van der Waals surface area contributed by atoms with Crippen LogP contribution in [0.5, 0.6) is 0 Å². The molecule has 0 aromatic heterocycles. The summed E-state index contributed by atoms with van der Waals surface area (Å²) >= 11 is 7.15. The molecule has 3 heteroatoms. The van der Waals surface area contributed by atoms with Crippen LogP contribution in [-0.2, 0) is 0 Å². The van der Waals surface area contributed by atoms with Crippen LogP contribution in [0.2, 0.25) is 5.04 Å². The molecule has 0 aliphatic heterocycles. The van der Waals surface area contributed by atoms with Crippen LogP contribution >= 0.6 is 30.6 Å². The summed E-state index contributed by atoms with van der Waals surface area (Å²) in [6, 6.07) is -0.437. The maximum atomic E-state index is 3.57. The van der Waals surface area contributed by atoms with Gasteiger partial charge < -0.3 is 0 Å². The van der Waals surface area contributed by atoms with Gasteiger partial charge in [0.05, 0.1) is 0 Å². The van der Waals surface area contributed by atoms with Gasteiger partial charge in [-0.05, 0) is 5.04 Å². The first-order chi connectivity index (χ1) is 3.50. The van der Waals surface area contributed by atoms with Gasteiger partial charge in [0, 0.05) is 0 Å². The minimum absolute atomic E-state index is 0.437. The van der Waals surface area contributed by atoms with Crippen LogP contribution < -0.4 is 0 Å². The topological polar surface area (TPSA) is 0 Å². The molecule has 0 heterocycles. The fourth-order valence-electron chi connectivity index (χ4n) is 0.134. The molecule has 0 amide bonds. The minimum atomic E-state index is -0.437. The fraction of sp³-hybridized carbons (Fsp3) is 1.00. The minimum Gasteiger partial charge on any atom is -0.112 e. The predicted octanol–water partition coefficient (Wildman–Crippen LogP) is 3.45. The Morgan fingerprint density at radius 3 is 1.75 bits per heavy atom. The first kappa shape index (κ1) is 9.18. The normalized spacial score (nSPS) is 12.8. The van der Waals surface area contributed by atoms with Gasteiger partial charge in [0.25, 0.3) is 0 Å². The summed E-state index contributed by atoms with van der Waals surface area (Å²) in [4.78, 5) is 0. The van der Waals surface area contributed by atoms with E-state index >= 15 is 0 Å². The van der Waals surface area contributed by atoms with E-state index in [9.17, 15) is 0 Å². The van der Waals surface area contributed by atoms with Crippen molar-refractivity contribution in [3.05, 3.63) is 0 Å². The van der Waals surface area contributed by atoms with Crippen molar-refractivity contribution >= 4 is 36.6 Å². The molecule has 8 heavy (non-hydrogen) atoms. The van der Waals surface area contributed by atoms with Crippen LogP contribution in [0, 0.1) is 0 Å². The summed E-state index contributed by atoms with van der Waals surface area (Å²) in [5.41, 5.74) is 0. The first-order valence-electron chi connectivity index (χ1n) is 2.69. The van der Waals surface area contributed by atoms with Gasteiger partial charge in [-0.3, -0.25) is 0 Å². The van der Waals surface area contributed by atoms with E-state index in [1.807, 2.05) is 0 Å². The summed E-state index contributed by atoms with van der Waals surface area (Å²) in [5, 5.41) is 0.477. The summed E-state index contributed by atoms with van der Waals surface area (Å²) in [5.74, 6) is 0. The molecule has 0 N–H and O–H groups in total. The largest absolute Gasteiger partial charge is 0.221 e. The van der Waals surface area contributed by atoms with E-state index in [0.717, 1.165) is 0 Å². The van der Waals surface area contributed by atoms with E-state index in [1.165, 1.54) is 6.42 Å². The molecule has 0 atom stereocenters. The highest BCUT2D eigenvalue weighted by Gasteiger charge is 2.24. The molecule has 49 valence electrons. The molecule has 0 aliphatic carbocycles. The number of hydrogen-bond donors (Lipinski definition) is 0. The zero-order chi connectivity index (χ0) is 6.78. The highest BCUT2D eigenvalue weighted by molar-refractivity contribution is 9.49. The van der Waals surface area contributed by atoms with Crippen LogP contribution in [0.25, 0.3) is 0 Å². The van der Waals surface area contributed by atoms with Crippen molar-refractivity contribution in [1.29, 1.82) is 0 Å². The summed E-state index contributed by atoms with van der Waals surface area (Å²) in [6.45, 7) is 6.75. The Bertz CT molecular complexity index is 70.8. The van der Waals surface area contributed by atoms with Gasteiger partial charge in [0.1, 0.15) is 0 Å². The second-order valence-electron chi connectivity index (χ2n) is 2.50. The monoisotopic (exact) mass is 257 g/mol. The van der Waals surface area contributed by atoms with Crippen molar-refractivity contribution < 1.29 is 0 Å². The molecule has 1 radical (unpaired) electrons. The highest BCUT2D eigenvalue weighted by Crippen LogP contribution is 2.37. The average molecular weight is 259 g/mol. The van der Waals surface area contributed by atoms with E-state index in [4.69, 9.17) is 0 Å². The standard InChI is InChI=1S/C5H11Br2Si/c1-4-5(2,3)8(6)7/h4H2,1-3H3. The maximum Gasteiger partial charge on any atom is 0.221 e. The van der Waals surface area contributed by atoms with Crippen LogP contribution in [-0.4, -0.2) is 6.04 Å². The van der Waals surface area contributed by atoms with Gasteiger partial charge in [-0.2, -0.15) is 0 Å². The third-order valence-corrected chi connectivity index (χ3v) is 9.21. The van der Waals surface area contributed by atoms with Crippen molar-refractivity contribution in [3.63, 3.8) is 0 Å². The van der Waals surface area contributed by atoms with Crippen molar-refractivity contribution in [2.75, 3.05) is 0 Å². The van der Waals surface area contributed by atoms with E-state index in [1.54, 1.807) is 0 Å². The Labute approximate surface area is 68.8 Å². The van der Waals surface area contributed by atoms with Gasteiger partial charge in [-0.15, -0.1) is 30.6 Å². The van der Waals surface area contributed by atoms with Gasteiger partial charge in [0.2, 0.25) is 6.04 Å². The zero-order valence-electron chi connectivity index (χ0n) is 5.46. The molecule has 0 rings (SSSR count). The number of rotatable bonds is 2. The molecule has 0 nitrogen and oxygen atoms in total. The molecule has 0 aliphatic rings. The van der Waals surface area contributed by atoms with Crippen LogP contribution in [0.3, 0.4) is 0 Å².